The molecule has 11 nitrogen and oxygen atoms in total. The Hall–Kier alpha value is -3.69. The molecule has 1 amide bonds. The number of piperidine rings is 1. The highest BCUT2D eigenvalue weighted by Gasteiger charge is 2.42. The number of para-hydroxylation sites is 1. The molecule has 6 rings (SSSR count). The van der Waals surface area contributed by atoms with Gasteiger partial charge >= 0.3 is 6.36 Å². The van der Waals surface area contributed by atoms with Crippen LogP contribution in [0.1, 0.15) is 66.1 Å². The Kier molecular flexibility index (Phi) is 8.28. The first kappa shape index (κ1) is 30.3. The molecule has 1 aromatic carbocycles. The van der Waals surface area contributed by atoms with Crippen molar-refractivity contribution in [2.75, 3.05) is 17.2 Å². The number of ether oxygens (including phenoxy) is 2. The highest BCUT2D eigenvalue weighted by Crippen LogP contribution is 2.46. The molecule has 2 aliphatic heterocycles. The maximum absolute atomic E-state index is 13.1. The molecule has 0 spiro atoms. The summed E-state index contributed by atoms with van der Waals surface area (Å²) in [5, 5.41) is 6.60. The predicted octanol–water partition coefficient (Wildman–Crippen LogP) is 4.85. The number of benzene rings is 1. The molecule has 0 radical (unpaired) electrons. The number of alkyl halides is 3. The lowest BCUT2D eigenvalue weighted by Gasteiger charge is -2.39. The maximum atomic E-state index is 13.1. The van der Waals surface area contributed by atoms with Gasteiger partial charge in [0.15, 0.2) is 0 Å². The smallest absolute Gasteiger partial charge is 0.405 e. The molecule has 3 fully saturated rings. The molecule has 2 N–H and O–H groups in total. The second-order valence-corrected chi connectivity index (χ2v) is 12.9. The Morgan fingerprint density at radius 1 is 1.09 bits per heavy atom. The first-order chi connectivity index (χ1) is 20.9. The lowest BCUT2D eigenvalue weighted by atomic mass is 9.99. The SMILES string of the molecule is O=C(NCCS(=O)(=O)O)c1ccc(N2[C@@H]3CC[C@H]2C[C@@H](OCc2c(-c4ccccc4OC(F)(F)F)noc2C2CC2)C3)nc1. The number of rotatable bonds is 11. The second kappa shape index (κ2) is 12.0. The van der Waals surface area contributed by atoms with Crippen LogP contribution in [0.15, 0.2) is 47.1 Å². The van der Waals surface area contributed by atoms with Crippen molar-refractivity contribution in [2.24, 2.45) is 0 Å². The van der Waals surface area contributed by atoms with Crippen LogP contribution in [-0.4, -0.2) is 65.9 Å². The quantitative estimate of drug-likeness (QED) is 0.281. The van der Waals surface area contributed by atoms with E-state index in [9.17, 15) is 26.4 Å². The number of amides is 1. The molecule has 2 aromatic heterocycles. The van der Waals surface area contributed by atoms with Crippen LogP contribution in [0.5, 0.6) is 5.75 Å². The van der Waals surface area contributed by atoms with E-state index in [1.807, 2.05) is 0 Å². The van der Waals surface area contributed by atoms with E-state index >= 15 is 0 Å². The molecule has 0 unspecified atom stereocenters. The number of pyridine rings is 1. The molecule has 4 heterocycles. The summed E-state index contributed by atoms with van der Waals surface area (Å²) in [7, 11) is -4.17. The van der Waals surface area contributed by atoms with E-state index in [2.05, 4.69) is 25.1 Å². The molecule has 2 saturated heterocycles. The van der Waals surface area contributed by atoms with E-state index in [0.29, 0.717) is 17.0 Å². The van der Waals surface area contributed by atoms with Crippen LogP contribution in [0.3, 0.4) is 0 Å². The standard InChI is InChI=1S/C29H31F3N4O7S/c30-29(31,32)42-24-4-2-1-3-22(24)26-23(27(43-35-26)17-5-6-17)16-41-21-13-19-8-9-20(14-21)36(19)25-10-7-18(15-34-25)28(37)33-11-12-44(38,39)40/h1-4,7,10,15,17,19-21H,5-6,8-9,11-14,16H2,(H,33,37)(H,38,39,40)/t19-,20+,21+. The van der Waals surface area contributed by atoms with Gasteiger partial charge in [0.25, 0.3) is 16.0 Å². The molecule has 1 aliphatic carbocycles. The van der Waals surface area contributed by atoms with E-state index in [1.165, 1.54) is 24.4 Å². The Morgan fingerprint density at radius 2 is 1.82 bits per heavy atom. The van der Waals surface area contributed by atoms with Crippen LogP contribution in [0.25, 0.3) is 11.3 Å². The number of carbonyl (C=O) groups excluding carboxylic acids is 1. The summed E-state index contributed by atoms with van der Waals surface area (Å²) in [6, 6.07) is 9.58. The third-order valence-electron chi connectivity index (χ3n) is 8.21. The topological polar surface area (TPSA) is 144 Å². The van der Waals surface area contributed by atoms with Crippen molar-refractivity contribution in [1.29, 1.82) is 0 Å². The molecule has 2 bridgehead atoms. The molecular formula is C29H31F3N4O7S. The van der Waals surface area contributed by atoms with Gasteiger partial charge in [-0.25, -0.2) is 4.98 Å². The number of nitrogens with one attached hydrogen (secondary N) is 1. The van der Waals surface area contributed by atoms with Crippen LogP contribution in [0, 0.1) is 0 Å². The van der Waals surface area contributed by atoms with Gasteiger partial charge < -0.3 is 24.2 Å². The first-order valence-electron chi connectivity index (χ1n) is 14.4. The van der Waals surface area contributed by atoms with Gasteiger partial charge in [-0.15, -0.1) is 13.2 Å². The first-order valence-corrected chi connectivity index (χ1v) is 16.0. The minimum absolute atomic E-state index is 0.0897. The number of carbonyl (C=O) groups is 1. The van der Waals surface area contributed by atoms with Gasteiger partial charge in [-0.3, -0.25) is 9.35 Å². The molecule has 1 saturated carbocycles. The zero-order valence-electron chi connectivity index (χ0n) is 23.5. The second-order valence-electron chi connectivity index (χ2n) is 11.3. The minimum atomic E-state index is -4.85. The largest absolute Gasteiger partial charge is 0.573 e. The number of fused-ring (bicyclic) bond motifs is 2. The predicted molar refractivity (Wildman–Crippen MR) is 151 cm³/mol. The Bertz CT molecular complexity index is 1600. The summed E-state index contributed by atoms with van der Waals surface area (Å²) in [6.45, 7) is -0.0712. The minimum Gasteiger partial charge on any atom is -0.405 e. The van der Waals surface area contributed by atoms with Crippen molar-refractivity contribution in [2.45, 2.75) is 75.6 Å². The van der Waals surface area contributed by atoms with Gasteiger partial charge in [-0.05, 0) is 62.8 Å². The van der Waals surface area contributed by atoms with Crippen LogP contribution < -0.4 is 15.0 Å². The molecule has 3 atom stereocenters. The van der Waals surface area contributed by atoms with E-state index in [-0.39, 0.29) is 54.1 Å². The lowest BCUT2D eigenvalue weighted by molar-refractivity contribution is -0.274. The van der Waals surface area contributed by atoms with Gasteiger partial charge in [-0.2, -0.15) is 8.42 Å². The number of nitrogens with zero attached hydrogens (tertiary/aromatic N) is 3. The molecule has 236 valence electrons. The number of halogens is 3. The number of hydrogen-bond acceptors (Lipinski definition) is 9. The molecular weight excluding hydrogens is 605 g/mol. The highest BCUT2D eigenvalue weighted by molar-refractivity contribution is 7.85. The summed E-state index contributed by atoms with van der Waals surface area (Å²) >= 11 is 0. The summed E-state index contributed by atoms with van der Waals surface area (Å²) in [5.41, 5.74) is 1.40. The molecule has 44 heavy (non-hydrogen) atoms. The fourth-order valence-corrected chi connectivity index (χ4v) is 6.48. The fraction of sp³-hybridized carbons (Fsp3) is 0.483. The van der Waals surface area contributed by atoms with Crippen LogP contribution in [0.4, 0.5) is 19.0 Å². The van der Waals surface area contributed by atoms with Gasteiger partial charge in [0.05, 0.1) is 24.0 Å². The number of hydrogen-bond donors (Lipinski definition) is 2. The third-order valence-corrected chi connectivity index (χ3v) is 8.93. The Labute approximate surface area is 251 Å². The van der Waals surface area contributed by atoms with E-state index in [1.54, 1.807) is 18.2 Å². The summed E-state index contributed by atoms with van der Waals surface area (Å²) < 4.78 is 86.2. The van der Waals surface area contributed by atoms with Crippen LogP contribution in [0.2, 0.25) is 0 Å². The Balaban J connectivity index is 1.11. The monoisotopic (exact) mass is 636 g/mol. The van der Waals surface area contributed by atoms with E-state index in [0.717, 1.165) is 44.3 Å². The van der Waals surface area contributed by atoms with Crippen molar-refractivity contribution < 1.29 is 44.9 Å². The average Bonchev–Trinajstić information content (AvgIpc) is 3.66. The van der Waals surface area contributed by atoms with Gasteiger partial charge in [0, 0.05) is 41.9 Å². The zero-order chi connectivity index (χ0) is 31.1. The highest BCUT2D eigenvalue weighted by atomic mass is 32.2. The number of aromatic nitrogens is 2. The average molecular weight is 637 g/mol. The van der Waals surface area contributed by atoms with Gasteiger partial charge in [0.1, 0.15) is 23.0 Å². The van der Waals surface area contributed by atoms with Crippen molar-refractivity contribution in [3.63, 3.8) is 0 Å². The summed E-state index contributed by atoms with van der Waals surface area (Å²) in [4.78, 5) is 19.0. The van der Waals surface area contributed by atoms with E-state index in [4.69, 9.17) is 13.8 Å². The summed E-state index contributed by atoms with van der Waals surface area (Å²) in [5.74, 6) is 0.122. The van der Waals surface area contributed by atoms with Crippen LogP contribution >= 0.6 is 0 Å². The lowest BCUT2D eigenvalue weighted by Crippen LogP contribution is -2.46. The molecule has 15 heteroatoms. The van der Waals surface area contributed by atoms with Crippen LogP contribution in [-0.2, 0) is 21.5 Å². The maximum Gasteiger partial charge on any atom is 0.573 e. The zero-order valence-corrected chi connectivity index (χ0v) is 24.3. The summed E-state index contributed by atoms with van der Waals surface area (Å²) in [6.07, 6.45) is 1.67. The molecule has 3 aliphatic rings. The molecule has 3 aromatic rings. The van der Waals surface area contributed by atoms with Crippen molar-refractivity contribution in [3.8, 4) is 17.0 Å². The third kappa shape index (κ3) is 7.00. The van der Waals surface area contributed by atoms with Crippen molar-refractivity contribution in [3.05, 3.63) is 59.5 Å². The van der Waals surface area contributed by atoms with Crippen molar-refractivity contribution >= 4 is 21.8 Å². The van der Waals surface area contributed by atoms with Crippen molar-refractivity contribution in [1.82, 2.24) is 15.5 Å². The normalized spacial score (nSPS) is 21.8. The Morgan fingerprint density at radius 3 is 2.45 bits per heavy atom. The fourth-order valence-electron chi connectivity index (χ4n) is 6.12. The number of anilines is 1. The van der Waals surface area contributed by atoms with Gasteiger partial charge in [-0.1, -0.05) is 17.3 Å². The van der Waals surface area contributed by atoms with E-state index < -0.39 is 28.1 Å². The van der Waals surface area contributed by atoms with Gasteiger partial charge in [0.2, 0.25) is 0 Å².